The Hall–Kier alpha value is -2.43. The summed E-state index contributed by atoms with van der Waals surface area (Å²) in [7, 11) is 1.24. The van der Waals surface area contributed by atoms with E-state index >= 15 is 0 Å². The second-order valence-corrected chi connectivity index (χ2v) is 3.45. The van der Waals surface area contributed by atoms with E-state index in [2.05, 4.69) is 5.29 Å². The topological polar surface area (TPSA) is 59.0 Å². The quantitative estimate of drug-likeness (QED) is 0.588. The Kier molecular flexibility index (Phi) is 3.00. The second kappa shape index (κ2) is 4.61. The van der Waals surface area contributed by atoms with E-state index in [1.54, 1.807) is 12.1 Å². The Morgan fingerprint density at radius 2 is 1.88 bits per heavy atom. The van der Waals surface area contributed by atoms with Crippen molar-refractivity contribution in [3.63, 3.8) is 0 Å². The molecule has 0 bridgehead atoms. The fourth-order valence-electron chi connectivity index (χ4n) is 1.48. The third-order valence-electron chi connectivity index (χ3n) is 2.33. The first kappa shape index (κ1) is 11.1. The minimum atomic E-state index is -0.809. The third-order valence-corrected chi connectivity index (χ3v) is 2.33. The van der Waals surface area contributed by atoms with Crippen molar-refractivity contribution in [2.75, 3.05) is 7.05 Å². The summed E-state index contributed by atoms with van der Waals surface area (Å²) in [6, 6.07) is 12.8. The molecule has 2 aromatic carbocycles. The summed E-state index contributed by atoms with van der Waals surface area (Å²) in [6.07, 6.45) is -0.809. The molecule has 0 heterocycles. The molecule has 86 valence electrons. The molecule has 17 heavy (non-hydrogen) atoms. The number of amides is 1. The van der Waals surface area contributed by atoms with E-state index in [1.807, 2.05) is 30.3 Å². The van der Waals surface area contributed by atoms with Crippen molar-refractivity contribution in [3.05, 3.63) is 47.4 Å². The van der Waals surface area contributed by atoms with Crippen molar-refractivity contribution in [2.24, 2.45) is 5.29 Å². The number of nitroso groups, excluding NO2 is 1. The SMILES string of the molecule is CN(N=O)C(=O)Oc1cccc2ccccc12. The Labute approximate surface area is 97.5 Å². The van der Waals surface area contributed by atoms with Gasteiger partial charge in [0.15, 0.2) is 0 Å². The smallest absolute Gasteiger partial charge is 0.408 e. The van der Waals surface area contributed by atoms with Crippen molar-refractivity contribution in [1.29, 1.82) is 0 Å². The van der Waals surface area contributed by atoms with Crippen molar-refractivity contribution in [3.8, 4) is 5.75 Å². The first-order chi connectivity index (χ1) is 8.22. The first-order valence-corrected chi connectivity index (χ1v) is 4.99. The number of ether oxygens (including phenoxy) is 1. The number of carbonyl (C=O) groups excluding carboxylic acids is 1. The molecule has 5 nitrogen and oxygen atoms in total. The fraction of sp³-hybridized carbons (Fsp3) is 0.0833. The average molecular weight is 230 g/mol. The van der Waals surface area contributed by atoms with Gasteiger partial charge in [0.2, 0.25) is 0 Å². The molecule has 0 fully saturated rings. The van der Waals surface area contributed by atoms with Crippen LogP contribution in [0.25, 0.3) is 10.8 Å². The van der Waals surface area contributed by atoms with Gasteiger partial charge in [0.1, 0.15) is 5.75 Å². The lowest BCUT2D eigenvalue weighted by atomic mass is 10.1. The minimum Gasteiger partial charge on any atom is -0.408 e. The number of rotatable bonds is 2. The highest BCUT2D eigenvalue weighted by atomic mass is 16.6. The van der Waals surface area contributed by atoms with Crippen molar-refractivity contribution < 1.29 is 9.53 Å². The van der Waals surface area contributed by atoms with Gasteiger partial charge in [0, 0.05) is 12.4 Å². The molecule has 0 radical (unpaired) electrons. The Morgan fingerprint density at radius 1 is 1.18 bits per heavy atom. The molecule has 0 atom stereocenters. The highest BCUT2D eigenvalue weighted by Crippen LogP contribution is 2.25. The van der Waals surface area contributed by atoms with E-state index in [4.69, 9.17) is 4.74 Å². The summed E-state index contributed by atoms with van der Waals surface area (Å²) in [5, 5.41) is 4.84. The number of benzene rings is 2. The third kappa shape index (κ3) is 2.23. The number of fused-ring (bicyclic) bond motifs is 1. The van der Waals surface area contributed by atoms with Gasteiger partial charge < -0.3 is 4.74 Å². The van der Waals surface area contributed by atoms with Crippen LogP contribution in [0.15, 0.2) is 47.8 Å². The monoisotopic (exact) mass is 230 g/mol. The van der Waals surface area contributed by atoms with E-state index in [9.17, 15) is 9.70 Å². The summed E-state index contributed by atoms with van der Waals surface area (Å²) < 4.78 is 5.07. The van der Waals surface area contributed by atoms with Gasteiger partial charge >= 0.3 is 6.09 Å². The molecule has 2 aromatic rings. The molecule has 0 aliphatic heterocycles. The van der Waals surface area contributed by atoms with E-state index < -0.39 is 6.09 Å². The van der Waals surface area contributed by atoms with Crippen molar-refractivity contribution in [1.82, 2.24) is 5.01 Å². The number of nitrogens with zero attached hydrogens (tertiary/aromatic N) is 2. The van der Waals surface area contributed by atoms with E-state index in [1.165, 1.54) is 7.05 Å². The van der Waals surface area contributed by atoms with Gasteiger partial charge in [-0.2, -0.15) is 5.01 Å². The highest BCUT2D eigenvalue weighted by molar-refractivity contribution is 5.90. The highest BCUT2D eigenvalue weighted by Gasteiger charge is 2.12. The molecule has 0 aliphatic rings. The van der Waals surface area contributed by atoms with Gasteiger partial charge in [-0.1, -0.05) is 36.4 Å². The van der Waals surface area contributed by atoms with Gasteiger partial charge in [-0.3, -0.25) is 0 Å². The summed E-state index contributed by atoms with van der Waals surface area (Å²) in [5.41, 5.74) is 0. The standard InChI is InChI=1S/C12H10N2O3/c1-14(13-16)12(15)17-11-8-4-6-9-5-2-3-7-10(9)11/h2-8H,1H3. The molecule has 0 N–H and O–H groups in total. The molecule has 5 heteroatoms. The van der Waals surface area contributed by atoms with E-state index in [-0.39, 0.29) is 0 Å². The summed E-state index contributed by atoms with van der Waals surface area (Å²) in [5.74, 6) is 0.406. The van der Waals surface area contributed by atoms with Crippen LogP contribution in [0.2, 0.25) is 0 Å². The van der Waals surface area contributed by atoms with Crippen LogP contribution in [0, 0.1) is 4.91 Å². The van der Waals surface area contributed by atoms with Gasteiger partial charge in [-0.25, -0.2) is 4.79 Å². The Morgan fingerprint density at radius 3 is 2.65 bits per heavy atom. The number of hydrogen-bond donors (Lipinski definition) is 0. The van der Waals surface area contributed by atoms with Crippen LogP contribution in [0.5, 0.6) is 5.75 Å². The predicted octanol–water partition coefficient (Wildman–Crippen LogP) is 2.95. The fourth-order valence-corrected chi connectivity index (χ4v) is 1.48. The number of carbonyl (C=O) groups is 1. The molecule has 0 unspecified atom stereocenters. The molecule has 0 aromatic heterocycles. The lowest BCUT2D eigenvalue weighted by Gasteiger charge is -2.09. The molecule has 2 rings (SSSR count). The Bertz CT molecular complexity index is 563. The number of hydrogen-bond acceptors (Lipinski definition) is 4. The molecule has 1 amide bonds. The summed E-state index contributed by atoms with van der Waals surface area (Å²) in [4.78, 5) is 21.6. The largest absolute Gasteiger partial charge is 0.438 e. The van der Waals surface area contributed by atoms with Crippen LogP contribution >= 0.6 is 0 Å². The minimum absolute atomic E-state index is 0.406. The molecule has 0 saturated carbocycles. The first-order valence-electron chi connectivity index (χ1n) is 4.99. The van der Waals surface area contributed by atoms with E-state index in [0.29, 0.717) is 10.8 Å². The molecule has 0 saturated heterocycles. The zero-order valence-corrected chi connectivity index (χ0v) is 9.16. The summed E-state index contributed by atoms with van der Waals surface area (Å²) in [6.45, 7) is 0. The Balaban J connectivity index is 2.36. The predicted molar refractivity (Wildman–Crippen MR) is 63.5 cm³/mol. The maximum atomic E-state index is 11.4. The van der Waals surface area contributed by atoms with Crippen molar-refractivity contribution in [2.45, 2.75) is 0 Å². The van der Waals surface area contributed by atoms with Gasteiger partial charge in [0.25, 0.3) is 0 Å². The lowest BCUT2D eigenvalue weighted by molar-refractivity contribution is 0.164. The van der Waals surface area contributed by atoms with Gasteiger partial charge in [-0.05, 0) is 11.5 Å². The molecular formula is C12H10N2O3. The van der Waals surface area contributed by atoms with Crippen LogP contribution in [-0.4, -0.2) is 18.1 Å². The van der Waals surface area contributed by atoms with Crippen LogP contribution in [0.4, 0.5) is 4.79 Å². The second-order valence-electron chi connectivity index (χ2n) is 3.45. The molecule has 0 spiro atoms. The van der Waals surface area contributed by atoms with Crippen LogP contribution in [-0.2, 0) is 0 Å². The van der Waals surface area contributed by atoms with Crippen LogP contribution < -0.4 is 4.74 Å². The van der Waals surface area contributed by atoms with Crippen molar-refractivity contribution >= 4 is 16.9 Å². The average Bonchev–Trinajstić information content (AvgIpc) is 2.38. The molecular weight excluding hydrogens is 220 g/mol. The zero-order chi connectivity index (χ0) is 12.3. The van der Waals surface area contributed by atoms with E-state index in [0.717, 1.165) is 10.8 Å². The molecule has 0 aliphatic carbocycles. The van der Waals surface area contributed by atoms with Crippen LogP contribution in [0.3, 0.4) is 0 Å². The normalized spacial score (nSPS) is 9.94. The maximum absolute atomic E-state index is 11.4. The zero-order valence-electron chi connectivity index (χ0n) is 9.16. The lowest BCUT2D eigenvalue weighted by Crippen LogP contribution is -2.24. The summed E-state index contributed by atoms with van der Waals surface area (Å²) >= 11 is 0. The van der Waals surface area contributed by atoms with Gasteiger partial charge in [0.05, 0.1) is 5.29 Å². The van der Waals surface area contributed by atoms with Gasteiger partial charge in [-0.15, -0.1) is 4.91 Å². The van der Waals surface area contributed by atoms with Crippen LogP contribution in [0.1, 0.15) is 0 Å². The maximum Gasteiger partial charge on any atom is 0.438 e.